The number of amides is 1. The fourth-order valence-corrected chi connectivity index (χ4v) is 14.8. The predicted octanol–water partition coefficient (Wildman–Crippen LogP) is 6.56. The molecule has 1 aliphatic heterocycles. The van der Waals surface area contributed by atoms with Crippen LogP contribution in [-0.2, 0) is 42.5 Å². The molecule has 372 valence electrons. The lowest BCUT2D eigenvalue weighted by Gasteiger charge is -2.70. The first kappa shape index (κ1) is 51.6. The van der Waals surface area contributed by atoms with E-state index in [4.69, 9.17) is 28.1 Å². The van der Waals surface area contributed by atoms with E-state index in [1.165, 1.54) is 13.8 Å². The predicted molar refractivity (Wildman–Crippen MR) is 255 cm³/mol. The van der Waals surface area contributed by atoms with Gasteiger partial charge in [-0.3, -0.25) is 14.4 Å². The summed E-state index contributed by atoms with van der Waals surface area (Å²) in [5, 5.41) is 42.4. The van der Waals surface area contributed by atoms with Crippen molar-refractivity contribution in [3.8, 4) is 0 Å². The molecule has 12 atom stereocenters. The third-order valence-corrected chi connectivity index (χ3v) is 20.7. The molecule has 16 heteroatoms. The lowest BCUT2D eigenvalue weighted by molar-refractivity contribution is -0.363. The second-order valence-electron chi connectivity index (χ2n) is 19.9. The topological polar surface area (TPSA) is 213 Å². The fourth-order valence-electron chi connectivity index (χ4n) is 11.9. The molecule has 3 aromatic rings. The Kier molecular flexibility index (Phi) is 14.9. The number of hydrogen-bond donors (Lipinski definition) is 4. The van der Waals surface area contributed by atoms with Crippen LogP contribution < -0.4 is 5.32 Å². The van der Waals surface area contributed by atoms with Gasteiger partial charge >= 0.3 is 23.9 Å². The Morgan fingerprint density at radius 1 is 0.812 bits per heavy atom. The summed E-state index contributed by atoms with van der Waals surface area (Å²) in [7, 11) is -2.60. The maximum atomic E-state index is 14.7. The van der Waals surface area contributed by atoms with Crippen LogP contribution in [-0.4, -0.2) is 114 Å². The molecule has 7 rings (SSSR count). The van der Waals surface area contributed by atoms with Gasteiger partial charge in [0.2, 0.25) is 0 Å². The van der Waals surface area contributed by atoms with Gasteiger partial charge in [-0.05, 0) is 66.0 Å². The number of fused-ring (bicyclic) bond motifs is 5. The molecule has 1 amide bonds. The number of ether oxygens (including phenoxy) is 5. The third kappa shape index (κ3) is 9.08. The van der Waals surface area contributed by atoms with E-state index >= 15 is 0 Å². The molecular formula is C53H67NO14Si. The standard InChI is InChI=1S/C53H67NO14Si/c1-10-69(11-2,12-3)68-38-28-39-52(30-63-39,67-33(6)56)44-46(66-48(60)36-26-20-15-21-27-36)53(62)29-37(31(4)40(50(53,7)8)43(64-32(5)55)45(58)51(38,44)9)65-49(61)42(57)41(34-22-16-13-17-23-34)54-47(59)35-24-18-14-19-25-35/h13-27,37-39,41-46,57-58,62H,10-12,28-30H2,1-9H3,(H,54,59)/t37-,38?,39+,41-,42+,43-,44-,45-,46-,51+,52-,53+/m0/s1. The SMILES string of the molecule is CC[Si](CC)(CC)OC1C[C@H]2OC[C@@]2(OC(C)=O)[C@H]2[C@H](OC(=O)c3ccccc3)[C@]3(O)C[C@H](OC(=O)[C@H](O)[C@@H](NC(=O)c4ccccc4)c4ccccc4)C(C)=C([C@H](OC(C)=O)[C@H](O)[C@]12C)C3(C)C. The molecule has 2 saturated carbocycles. The van der Waals surface area contributed by atoms with E-state index in [2.05, 4.69) is 26.1 Å². The average molecular weight is 970 g/mol. The number of rotatable bonds is 15. The minimum Gasteiger partial charge on any atom is -0.456 e. The van der Waals surface area contributed by atoms with E-state index in [0.29, 0.717) is 11.1 Å². The molecule has 4 N–H and O–H groups in total. The third-order valence-electron chi connectivity index (χ3n) is 16.0. The van der Waals surface area contributed by atoms with Gasteiger partial charge in [0.1, 0.15) is 30.0 Å². The van der Waals surface area contributed by atoms with Gasteiger partial charge in [0.05, 0.1) is 30.2 Å². The first-order valence-corrected chi connectivity index (χ1v) is 26.5. The zero-order chi connectivity index (χ0) is 50.3. The average Bonchev–Trinajstić information content (AvgIpc) is 3.33. The molecule has 0 radical (unpaired) electrons. The van der Waals surface area contributed by atoms with E-state index < -0.39 is 121 Å². The van der Waals surface area contributed by atoms with Crippen LogP contribution >= 0.6 is 0 Å². The van der Waals surface area contributed by atoms with Crippen molar-refractivity contribution < 1.29 is 67.4 Å². The summed E-state index contributed by atoms with van der Waals surface area (Å²) < 4.78 is 39.2. The lowest BCUT2D eigenvalue weighted by Crippen LogP contribution is -2.83. The van der Waals surface area contributed by atoms with Gasteiger partial charge in [0.25, 0.3) is 5.91 Å². The second kappa shape index (κ2) is 19.9. The number of aliphatic hydroxyl groups excluding tert-OH is 2. The minimum absolute atomic E-state index is 0.138. The normalized spacial score (nSPS) is 31.2. The molecular weight excluding hydrogens is 903 g/mol. The molecule has 1 unspecified atom stereocenters. The van der Waals surface area contributed by atoms with E-state index in [9.17, 15) is 39.3 Å². The molecule has 0 aromatic heterocycles. The highest BCUT2D eigenvalue weighted by atomic mass is 28.4. The van der Waals surface area contributed by atoms with Gasteiger partial charge in [-0.2, -0.15) is 0 Å². The number of nitrogens with one attached hydrogen (secondary N) is 1. The Balaban J connectivity index is 1.44. The molecule has 4 aliphatic rings. The highest BCUT2D eigenvalue weighted by Gasteiger charge is 2.78. The zero-order valence-corrected chi connectivity index (χ0v) is 41.9. The first-order chi connectivity index (χ1) is 32.6. The van der Waals surface area contributed by atoms with Crippen LogP contribution in [0.25, 0.3) is 0 Å². The molecule has 1 saturated heterocycles. The molecule has 1 heterocycles. The van der Waals surface area contributed by atoms with E-state index in [-0.39, 0.29) is 29.7 Å². The molecule has 3 aliphatic carbocycles. The van der Waals surface area contributed by atoms with E-state index in [1.54, 1.807) is 119 Å². The van der Waals surface area contributed by atoms with Crippen LogP contribution in [0.1, 0.15) is 107 Å². The van der Waals surface area contributed by atoms with E-state index in [1.807, 2.05) is 0 Å². The zero-order valence-electron chi connectivity index (χ0n) is 40.9. The summed E-state index contributed by atoms with van der Waals surface area (Å²) in [5.41, 5.74) is -5.88. The van der Waals surface area contributed by atoms with Gasteiger partial charge in [0.15, 0.2) is 26.1 Å². The molecule has 3 aromatic carbocycles. The summed E-state index contributed by atoms with van der Waals surface area (Å²) in [4.78, 5) is 69.7. The van der Waals surface area contributed by atoms with Crippen LogP contribution in [0.5, 0.6) is 0 Å². The summed E-state index contributed by atoms with van der Waals surface area (Å²) in [6.07, 6.45) is -10.4. The van der Waals surface area contributed by atoms with E-state index in [0.717, 1.165) is 18.1 Å². The van der Waals surface area contributed by atoms with Gasteiger partial charge in [-0.15, -0.1) is 0 Å². The minimum atomic E-state index is -2.60. The summed E-state index contributed by atoms with van der Waals surface area (Å²) in [6, 6.07) is 25.7. The van der Waals surface area contributed by atoms with Crippen molar-refractivity contribution >= 4 is 38.1 Å². The number of esters is 4. The van der Waals surface area contributed by atoms with Crippen LogP contribution in [0.2, 0.25) is 18.1 Å². The smallest absolute Gasteiger partial charge is 0.338 e. The van der Waals surface area contributed by atoms with Crippen molar-refractivity contribution in [1.29, 1.82) is 0 Å². The van der Waals surface area contributed by atoms with Crippen molar-refractivity contribution in [2.45, 2.75) is 153 Å². The largest absolute Gasteiger partial charge is 0.456 e. The van der Waals surface area contributed by atoms with Crippen LogP contribution in [0.3, 0.4) is 0 Å². The second-order valence-corrected chi connectivity index (χ2v) is 24.6. The van der Waals surface area contributed by atoms with Crippen LogP contribution in [0, 0.1) is 16.7 Å². The van der Waals surface area contributed by atoms with Crippen LogP contribution in [0.15, 0.2) is 102 Å². The monoisotopic (exact) mass is 969 g/mol. The Morgan fingerprint density at radius 3 is 1.90 bits per heavy atom. The number of hydrogen-bond acceptors (Lipinski definition) is 14. The fraction of sp³-hybridized carbons (Fsp3) is 0.528. The number of aliphatic hydroxyl groups is 3. The van der Waals surface area contributed by atoms with Crippen molar-refractivity contribution in [3.63, 3.8) is 0 Å². The van der Waals surface area contributed by atoms with Gasteiger partial charge in [-0.25, -0.2) is 9.59 Å². The maximum absolute atomic E-state index is 14.7. The van der Waals surface area contributed by atoms with Crippen molar-refractivity contribution in [2.24, 2.45) is 16.7 Å². The number of carbonyl (C=O) groups excluding carboxylic acids is 5. The molecule has 15 nitrogen and oxygen atoms in total. The van der Waals surface area contributed by atoms with Gasteiger partial charge in [0, 0.05) is 43.1 Å². The summed E-state index contributed by atoms with van der Waals surface area (Å²) in [6.45, 7) is 15.2. The summed E-state index contributed by atoms with van der Waals surface area (Å²) in [5.74, 6) is -5.37. The van der Waals surface area contributed by atoms with Crippen molar-refractivity contribution in [1.82, 2.24) is 5.32 Å². The summed E-state index contributed by atoms with van der Waals surface area (Å²) >= 11 is 0. The lowest BCUT2D eigenvalue weighted by atomic mass is 9.44. The Morgan fingerprint density at radius 2 is 1.38 bits per heavy atom. The maximum Gasteiger partial charge on any atom is 0.338 e. The highest BCUT2D eigenvalue weighted by Crippen LogP contribution is 2.66. The molecule has 2 bridgehead atoms. The number of benzene rings is 3. The number of carbonyl (C=O) groups is 5. The Hall–Kier alpha value is -5.23. The van der Waals surface area contributed by atoms with Crippen molar-refractivity contribution in [2.75, 3.05) is 6.61 Å². The van der Waals surface area contributed by atoms with Gasteiger partial charge in [-0.1, -0.05) is 108 Å². The molecule has 69 heavy (non-hydrogen) atoms. The first-order valence-electron chi connectivity index (χ1n) is 24.0. The van der Waals surface area contributed by atoms with Crippen molar-refractivity contribution in [3.05, 3.63) is 119 Å². The Bertz CT molecular complexity index is 2400. The highest BCUT2D eigenvalue weighted by molar-refractivity contribution is 6.73. The van der Waals surface area contributed by atoms with Gasteiger partial charge < -0.3 is 48.7 Å². The molecule has 0 spiro atoms. The quantitative estimate of drug-likeness (QED) is 0.0550. The van der Waals surface area contributed by atoms with Crippen LogP contribution in [0.4, 0.5) is 0 Å². The Labute approximate surface area is 405 Å². The molecule has 3 fully saturated rings.